The Labute approximate surface area is 178 Å². The Balaban J connectivity index is 1.36. The summed E-state index contributed by atoms with van der Waals surface area (Å²) in [5, 5.41) is 0. The van der Waals surface area contributed by atoms with E-state index in [1.54, 1.807) is 0 Å². The fourth-order valence-electron chi connectivity index (χ4n) is 3.80. The molecular formula is C25H28N4O. The number of para-hydroxylation sites is 1. The number of aromatic nitrogens is 1. The Bertz CT molecular complexity index is 910. The second kappa shape index (κ2) is 10.1. The zero-order chi connectivity index (χ0) is 20.6. The van der Waals surface area contributed by atoms with Crippen molar-refractivity contribution < 1.29 is 4.79 Å². The minimum Gasteiger partial charge on any atom is -0.307 e. The molecule has 1 aliphatic rings. The van der Waals surface area contributed by atoms with E-state index in [1.807, 2.05) is 71.8 Å². The van der Waals surface area contributed by atoms with Gasteiger partial charge in [-0.1, -0.05) is 54.6 Å². The van der Waals surface area contributed by atoms with Gasteiger partial charge in [-0.15, -0.1) is 0 Å². The molecule has 1 saturated heterocycles. The lowest BCUT2D eigenvalue weighted by Crippen LogP contribution is -2.49. The fourth-order valence-corrected chi connectivity index (χ4v) is 3.80. The van der Waals surface area contributed by atoms with E-state index in [4.69, 9.17) is 0 Å². The molecule has 0 saturated carbocycles. The summed E-state index contributed by atoms with van der Waals surface area (Å²) in [6, 6.07) is 26.2. The van der Waals surface area contributed by atoms with Gasteiger partial charge >= 0.3 is 0 Å². The average molecular weight is 401 g/mol. The van der Waals surface area contributed by atoms with Crippen LogP contribution in [0.1, 0.15) is 11.3 Å². The van der Waals surface area contributed by atoms with Crippen molar-refractivity contribution in [1.82, 2.24) is 14.8 Å². The first-order valence-electron chi connectivity index (χ1n) is 10.5. The van der Waals surface area contributed by atoms with Crippen LogP contribution >= 0.6 is 0 Å². The summed E-state index contributed by atoms with van der Waals surface area (Å²) in [5.74, 6) is 0.142. The van der Waals surface area contributed by atoms with Crippen LogP contribution in [-0.4, -0.2) is 53.4 Å². The van der Waals surface area contributed by atoms with Crippen molar-refractivity contribution in [3.8, 4) is 0 Å². The number of piperazine rings is 1. The Hall–Kier alpha value is -3.02. The molecule has 2 aromatic carbocycles. The number of nitrogens with zero attached hydrogens (tertiary/aromatic N) is 4. The van der Waals surface area contributed by atoms with E-state index >= 15 is 0 Å². The molecular weight excluding hydrogens is 372 g/mol. The SMILES string of the molecule is O=C(CN1CCN(Cc2ccccn2)CC1)N(Cc1ccccc1)c1ccccc1. The van der Waals surface area contributed by atoms with Crippen LogP contribution in [0.25, 0.3) is 0 Å². The Morgan fingerprint density at radius 3 is 2.10 bits per heavy atom. The molecule has 2 heterocycles. The molecule has 154 valence electrons. The minimum atomic E-state index is 0.142. The topological polar surface area (TPSA) is 39.7 Å². The van der Waals surface area contributed by atoms with Crippen molar-refractivity contribution in [2.45, 2.75) is 13.1 Å². The summed E-state index contributed by atoms with van der Waals surface area (Å²) in [7, 11) is 0. The van der Waals surface area contributed by atoms with Gasteiger partial charge in [-0.25, -0.2) is 0 Å². The molecule has 0 aliphatic carbocycles. The first kappa shape index (κ1) is 20.3. The van der Waals surface area contributed by atoms with Crippen molar-refractivity contribution in [3.05, 3.63) is 96.3 Å². The van der Waals surface area contributed by atoms with Gasteiger partial charge in [0, 0.05) is 44.6 Å². The van der Waals surface area contributed by atoms with E-state index in [0.717, 1.165) is 49.7 Å². The fraction of sp³-hybridized carbons (Fsp3) is 0.280. The van der Waals surface area contributed by atoms with Crippen LogP contribution in [0.3, 0.4) is 0 Å². The molecule has 1 aliphatic heterocycles. The molecule has 1 fully saturated rings. The van der Waals surface area contributed by atoms with E-state index in [1.165, 1.54) is 0 Å². The Morgan fingerprint density at radius 1 is 0.800 bits per heavy atom. The summed E-state index contributed by atoms with van der Waals surface area (Å²) < 4.78 is 0. The normalized spacial score (nSPS) is 15.1. The summed E-state index contributed by atoms with van der Waals surface area (Å²) in [4.78, 5) is 24.2. The summed E-state index contributed by atoms with van der Waals surface area (Å²) >= 11 is 0. The molecule has 0 atom stereocenters. The quantitative estimate of drug-likeness (QED) is 0.609. The second-order valence-corrected chi connectivity index (χ2v) is 7.67. The monoisotopic (exact) mass is 400 g/mol. The molecule has 1 aromatic heterocycles. The molecule has 0 spiro atoms. The molecule has 30 heavy (non-hydrogen) atoms. The maximum absolute atomic E-state index is 13.2. The highest BCUT2D eigenvalue weighted by atomic mass is 16.2. The predicted octanol–water partition coefficient (Wildman–Crippen LogP) is 3.43. The van der Waals surface area contributed by atoms with Crippen molar-refractivity contribution in [1.29, 1.82) is 0 Å². The maximum atomic E-state index is 13.2. The smallest absolute Gasteiger partial charge is 0.241 e. The van der Waals surface area contributed by atoms with Crippen LogP contribution in [0.5, 0.6) is 0 Å². The van der Waals surface area contributed by atoms with Crippen LogP contribution < -0.4 is 4.90 Å². The van der Waals surface area contributed by atoms with Gasteiger partial charge in [0.05, 0.1) is 18.8 Å². The molecule has 0 N–H and O–H groups in total. The molecule has 1 amide bonds. The van der Waals surface area contributed by atoms with Crippen LogP contribution in [0.4, 0.5) is 5.69 Å². The van der Waals surface area contributed by atoms with Crippen molar-refractivity contribution in [2.24, 2.45) is 0 Å². The van der Waals surface area contributed by atoms with Gasteiger partial charge in [-0.2, -0.15) is 0 Å². The van der Waals surface area contributed by atoms with E-state index in [-0.39, 0.29) is 5.91 Å². The zero-order valence-electron chi connectivity index (χ0n) is 17.2. The Kier molecular flexibility index (Phi) is 6.85. The van der Waals surface area contributed by atoms with Gasteiger partial charge in [0.15, 0.2) is 0 Å². The third-order valence-electron chi connectivity index (χ3n) is 5.49. The van der Waals surface area contributed by atoms with Crippen LogP contribution in [0.15, 0.2) is 85.1 Å². The van der Waals surface area contributed by atoms with Gasteiger partial charge in [0.2, 0.25) is 5.91 Å². The highest BCUT2D eigenvalue weighted by Gasteiger charge is 2.23. The zero-order valence-corrected chi connectivity index (χ0v) is 17.2. The van der Waals surface area contributed by atoms with Crippen molar-refractivity contribution >= 4 is 11.6 Å². The largest absolute Gasteiger partial charge is 0.307 e. The van der Waals surface area contributed by atoms with Crippen LogP contribution in [0.2, 0.25) is 0 Å². The van der Waals surface area contributed by atoms with Crippen molar-refractivity contribution in [3.63, 3.8) is 0 Å². The van der Waals surface area contributed by atoms with Gasteiger partial charge in [-0.05, 0) is 29.8 Å². The molecule has 5 heteroatoms. The number of hydrogen-bond donors (Lipinski definition) is 0. The summed E-state index contributed by atoms with van der Waals surface area (Å²) in [6.07, 6.45) is 1.84. The van der Waals surface area contributed by atoms with Crippen LogP contribution in [-0.2, 0) is 17.9 Å². The molecule has 4 rings (SSSR count). The molecule has 0 unspecified atom stereocenters. The molecule has 0 radical (unpaired) electrons. The maximum Gasteiger partial charge on any atom is 0.241 e. The van der Waals surface area contributed by atoms with Gasteiger partial charge in [0.25, 0.3) is 0 Å². The van der Waals surface area contributed by atoms with Gasteiger partial charge in [0.1, 0.15) is 0 Å². The van der Waals surface area contributed by atoms with Crippen LogP contribution in [0, 0.1) is 0 Å². The number of amides is 1. The van der Waals surface area contributed by atoms with E-state index in [9.17, 15) is 4.79 Å². The number of benzene rings is 2. The number of pyridine rings is 1. The predicted molar refractivity (Wildman–Crippen MR) is 120 cm³/mol. The minimum absolute atomic E-state index is 0.142. The first-order chi connectivity index (χ1) is 14.8. The number of rotatable bonds is 7. The van der Waals surface area contributed by atoms with Gasteiger partial charge in [-0.3, -0.25) is 19.6 Å². The van der Waals surface area contributed by atoms with E-state index < -0.39 is 0 Å². The van der Waals surface area contributed by atoms with Gasteiger partial charge < -0.3 is 4.90 Å². The third kappa shape index (κ3) is 5.53. The van der Waals surface area contributed by atoms with E-state index in [0.29, 0.717) is 13.1 Å². The van der Waals surface area contributed by atoms with E-state index in [2.05, 4.69) is 33.0 Å². The molecule has 3 aromatic rings. The lowest BCUT2D eigenvalue weighted by Gasteiger charge is -2.35. The third-order valence-corrected chi connectivity index (χ3v) is 5.49. The standard InChI is InChI=1S/C25H28N4O/c30-25(21-28-17-15-27(16-18-28)20-23-11-7-8-14-26-23)29(24-12-5-2-6-13-24)19-22-9-3-1-4-10-22/h1-14H,15-21H2. The average Bonchev–Trinajstić information content (AvgIpc) is 2.81. The summed E-state index contributed by atoms with van der Waals surface area (Å²) in [5.41, 5.74) is 3.18. The Morgan fingerprint density at radius 2 is 1.43 bits per heavy atom. The number of carbonyl (C=O) groups excluding carboxylic acids is 1. The molecule has 5 nitrogen and oxygen atoms in total. The number of hydrogen-bond acceptors (Lipinski definition) is 4. The lowest BCUT2D eigenvalue weighted by atomic mass is 10.2. The number of anilines is 1. The highest BCUT2D eigenvalue weighted by Crippen LogP contribution is 2.18. The molecule has 0 bridgehead atoms. The van der Waals surface area contributed by atoms with Crippen molar-refractivity contribution in [2.75, 3.05) is 37.6 Å². The second-order valence-electron chi connectivity index (χ2n) is 7.67. The number of carbonyl (C=O) groups is 1. The lowest BCUT2D eigenvalue weighted by molar-refractivity contribution is -0.120. The first-order valence-corrected chi connectivity index (χ1v) is 10.5. The highest BCUT2D eigenvalue weighted by molar-refractivity contribution is 5.94. The summed E-state index contributed by atoms with van der Waals surface area (Å²) in [6.45, 7) is 5.59.